The van der Waals surface area contributed by atoms with Crippen molar-refractivity contribution in [2.24, 2.45) is 29.6 Å². The van der Waals surface area contributed by atoms with Gasteiger partial charge in [-0.3, -0.25) is 0 Å². The van der Waals surface area contributed by atoms with E-state index in [1.165, 1.54) is 19.3 Å². The maximum Gasteiger partial charge on any atom is 0.122 e. The van der Waals surface area contributed by atoms with Crippen molar-refractivity contribution in [1.29, 1.82) is 0 Å². The molecule has 20 heavy (non-hydrogen) atoms. The molecule has 0 heterocycles. The number of benzene rings is 1. The van der Waals surface area contributed by atoms with Gasteiger partial charge < -0.3 is 9.84 Å². The van der Waals surface area contributed by atoms with Crippen molar-refractivity contribution in [2.75, 3.05) is 7.11 Å². The fourth-order valence-corrected chi connectivity index (χ4v) is 5.37. The van der Waals surface area contributed by atoms with Gasteiger partial charge in [-0.05, 0) is 72.6 Å². The van der Waals surface area contributed by atoms with Crippen molar-refractivity contribution in [3.63, 3.8) is 0 Å². The predicted molar refractivity (Wildman–Crippen MR) is 79.0 cm³/mol. The predicted octanol–water partition coefficient (Wildman–Crippen LogP) is 3.54. The molecule has 0 aliphatic heterocycles. The van der Waals surface area contributed by atoms with Crippen LogP contribution in [0.3, 0.4) is 0 Å². The van der Waals surface area contributed by atoms with Crippen molar-refractivity contribution in [1.82, 2.24) is 0 Å². The number of aliphatic hydroxyl groups is 1. The average Bonchev–Trinajstić information content (AvgIpc) is 2.88. The molecule has 0 radical (unpaired) electrons. The summed E-state index contributed by atoms with van der Waals surface area (Å²) in [6.45, 7) is 0. The Labute approximate surface area is 125 Å². The Balaban J connectivity index is 1.49. The van der Waals surface area contributed by atoms with E-state index in [2.05, 4.69) is 0 Å². The average molecular weight is 293 g/mol. The van der Waals surface area contributed by atoms with E-state index in [9.17, 15) is 5.11 Å². The van der Waals surface area contributed by atoms with Crippen molar-refractivity contribution < 1.29 is 9.84 Å². The molecule has 2 bridgehead atoms. The molecule has 2 nitrogen and oxygen atoms in total. The third-order valence-electron chi connectivity index (χ3n) is 5.91. The highest BCUT2D eigenvalue weighted by atomic mass is 35.5. The SMILES string of the molecule is COc1ccc(Cl)cc1CC(O)C1C2C3CCC(C3)C12. The summed E-state index contributed by atoms with van der Waals surface area (Å²) in [5, 5.41) is 11.3. The lowest BCUT2D eigenvalue weighted by molar-refractivity contribution is 0.128. The van der Waals surface area contributed by atoms with E-state index >= 15 is 0 Å². The lowest BCUT2D eigenvalue weighted by Gasteiger charge is -2.17. The molecular weight excluding hydrogens is 272 g/mol. The summed E-state index contributed by atoms with van der Waals surface area (Å²) in [6.07, 6.45) is 4.66. The molecule has 3 saturated carbocycles. The minimum absolute atomic E-state index is 0.235. The first-order chi connectivity index (χ1) is 9.69. The zero-order chi connectivity index (χ0) is 13.9. The third kappa shape index (κ3) is 1.88. The molecule has 5 atom stereocenters. The highest BCUT2D eigenvalue weighted by molar-refractivity contribution is 6.30. The largest absolute Gasteiger partial charge is 0.496 e. The first-order valence-electron chi connectivity index (χ1n) is 7.69. The Morgan fingerprint density at radius 1 is 1.30 bits per heavy atom. The van der Waals surface area contributed by atoms with Crippen LogP contribution in [0.15, 0.2) is 18.2 Å². The maximum absolute atomic E-state index is 10.6. The normalized spacial score (nSPS) is 38.6. The summed E-state index contributed by atoms with van der Waals surface area (Å²) in [6, 6.07) is 5.65. The Kier molecular flexibility index (Phi) is 3.01. The standard InChI is InChI=1S/C17H21ClO2/c1-20-14-5-4-12(18)7-11(14)8-13(19)17-15-9-2-3-10(6-9)16(15)17/h4-5,7,9-10,13,15-17,19H,2-3,6,8H2,1H3. The summed E-state index contributed by atoms with van der Waals surface area (Å²) < 4.78 is 5.38. The first-order valence-corrected chi connectivity index (χ1v) is 8.07. The molecule has 0 spiro atoms. The number of halogens is 1. The van der Waals surface area contributed by atoms with Crippen LogP contribution < -0.4 is 4.74 Å². The second-order valence-electron chi connectivity index (χ2n) is 6.79. The van der Waals surface area contributed by atoms with Gasteiger partial charge in [0.25, 0.3) is 0 Å². The number of ether oxygens (including phenoxy) is 1. The highest BCUT2D eigenvalue weighted by Gasteiger charge is 2.66. The minimum Gasteiger partial charge on any atom is -0.496 e. The topological polar surface area (TPSA) is 29.5 Å². The lowest BCUT2D eigenvalue weighted by atomic mass is 9.95. The van der Waals surface area contributed by atoms with Gasteiger partial charge in [0.2, 0.25) is 0 Å². The van der Waals surface area contributed by atoms with E-state index in [1.54, 1.807) is 7.11 Å². The maximum atomic E-state index is 10.6. The van der Waals surface area contributed by atoms with Crippen LogP contribution in [0.1, 0.15) is 24.8 Å². The van der Waals surface area contributed by atoms with Gasteiger partial charge in [0.15, 0.2) is 0 Å². The molecule has 1 aromatic carbocycles. The zero-order valence-corrected chi connectivity index (χ0v) is 12.5. The van der Waals surface area contributed by atoms with Gasteiger partial charge in [0.1, 0.15) is 5.75 Å². The van der Waals surface area contributed by atoms with Crippen molar-refractivity contribution >= 4 is 11.6 Å². The molecule has 0 aromatic heterocycles. The molecule has 3 aliphatic carbocycles. The van der Waals surface area contributed by atoms with E-state index in [4.69, 9.17) is 16.3 Å². The van der Waals surface area contributed by atoms with Crippen molar-refractivity contribution in [2.45, 2.75) is 31.8 Å². The lowest BCUT2D eigenvalue weighted by Crippen LogP contribution is -2.18. The van der Waals surface area contributed by atoms with Crippen LogP contribution in [-0.2, 0) is 6.42 Å². The van der Waals surface area contributed by atoms with E-state index < -0.39 is 0 Å². The molecular formula is C17H21ClO2. The van der Waals surface area contributed by atoms with Crippen LogP contribution in [0, 0.1) is 29.6 Å². The summed E-state index contributed by atoms with van der Waals surface area (Å²) in [5.41, 5.74) is 1.03. The fraction of sp³-hybridized carbons (Fsp3) is 0.647. The van der Waals surface area contributed by atoms with Gasteiger partial charge in [-0.1, -0.05) is 11.6 Å². The van der Waals surface area contributed by atoms with Gasteiger partial charge in [0.05, 0.1) is 13.2 Å². The van der Waals surface area contributed by atoms with Crippen LogP contribution in [-0.4, -0.2) is 18.3 Å². The van der Waals surface area contributed by atoms with E-state index in [0.717, 1.165) is 35.0 Å². The van der Waals surface area contributed by atoms with Gasteiger partial charge >= 0.3 is 0 Å². The van der Waals surface area contributed by atoms with E-state index in [1.807, 2.05) is 18.2 Å². The molecule has 108 valence electrons. The smallest absolute Gasteiger partial charge is 0.122 e. The number of aliphatic hydroxyl groups excluding tert-OH is 1. The van der Waals surface area contributed by atoms with Crippen LogP contribution in [0.2, 0.25) is 5.02 Å². The zero-order valence-electron chi connectivity index (χ0n) is 11.8. The molecule has 4 rings (SSSR count). The Morgan fingerprint density at radius 3 is 2.65 bits per heavy atom. The molecule has 5 unspecified atom stereocenters. The van der Waals surface area contributed by atoms with E-state index in [0.29, 0.717) is 17.4 Å². The van der Waals surface area contributed by atoms with Gasteiger partial charge in [-0.25, -0.2) is 0 Å². The molecule has 3 aliphatic rings. The van der Waals surface area contributed by atoms with Gasteiger partial charge in [-0.15, -0.1) is 0 Å². The van der Waals surface area contributed by atoms with Gasteiger partial charge in [0, 0.05) is 11.4 Å². The van der Waals surface area contributed by atoms with Crippen molar-refractivity contribution in [3.8, 4) is 5.75 Å². The number of fused-ring (bicyclic) bond motifs is 5. The highest BCUT2D eigenvalue weighted by Crippen LogP contribution is 2.70. The molecule has 1 N–H and O–H groups in total. The number of hydrogen-bond donors (Lipinski definition) is 1. The Bertz CT molecular complexity index is 514. The molecule has 1 aromatic rings. The third-order valence-corrected chi connectivity index (χ3v) is 6.15. The van der Waals surface area contributed by atoms with Crippen molar-refractivity contribution in [3.05, 3.63) is 28.8 Å². The van der Waals surface area contributed by atoms with E-state index in [-0.39, 0.29) is 6.10 Å². The molecule has 3 fully saturated rings. The summed E-state index contributed by atoms with van der Waals surface area (Å²) >= 11 is 6.07. The van der Waals surface area contributed by atoms with Crippen LogP contribution in [0.25, 0.3) is 0 Å². The quantitative estimate of drug-likeness (QED) is 0.920. The molecule has 3 heteroatoms. The Morgan fingerprint density at radius 2 is 2.00 bits per heavy atom. The molecule has 0 saturated heterocycles. The molecule has 0 amide bonds. The first kappa shape index (κ1) is 13.0. The second-order valence-corrected chi connectivity index (χ2v) is 7.23. The number of hydrogen-bond acceptors (Lipinski definition) is 2. The fourth-order valence-electron chi connectivity index (χ4n) is 5.17. The second kappa shape index (κ2) is 4.64. The summed E-state index contributed by atoms with van der Waals surface area (Å²) in [4.78, 5) is 0. The minimum atomic E-state index is -0.235. The monoisotopic (exact) mass is 292 g/mol. The van der Waals surface area contributed by atoms with Crippen LogP contribution >= 0.6 is 11.6 Å². The van der Waals surface area contributed by atoms with Crippen LogP contribution in [0.5, 0.6) is 5.75 Å². The summed E-state index contributed by atoms with van der Waals surface area (Å²) in [7, 11) is 1.67. The van der Waals surface area contributed by atoms with Crippen LogP contribution in [0.4, 0.5) is 0 Å². The summed E-state index contributed by atoms with van der Waals surface area (Å²) in [5.74, 6) is 4.81. The van der Waals surface area contributed by atoms with Gasteiger partial charge in [-0.2, -0.15) is 0 Å². The Hall–Kier alpha value is -0.730. The number of rotatable bonds is 4. The number of methoxy groups -OCH3 is 1.